The van der Waals surface area contributed by atoms with Crippen LogP contribution in [0.3, 0.4) is 0 Å². The largest absolute Gasteiger partial charge is 0.335 e. The van der Waals surface area contributed by atoms with Gasteiger partial charge in [0, 0.05) is 0 Å². The zero-order chi connectivity index (χ0) is 14.0. The molecule has 0 radical (unpaired) electrons. The lowest BCUT2D eigenvalue weighted by Gasteiger charge is -2.10. The van der Waals surface area contributed by atoms with Crippen molar-refractivity contribution in [2.45, 2.75) is 13.8 Å². The van der Waals surface area contributed by atoms with Crippen LogP contribution in [-0.4, -0.2) is 10.2 Å². The third-order valence-electron chi connectivity index (χ3n) is 2.77. The third kappa shape index (κ3) is 2.36. The summed E-state index contributed by atoms with van der Waals surface area (Å²) in [5.41, 5.74) is 1.43. The maximum atomic E-state index is 13.5. The van der Waals surface area contributed by atoms with Gasteiger partial charge in [-0.3, -0.25) is 0 Å². The summed E-state index contributed by atoms with van der Waals surface area (Å²) in [6, 6.07) is 5.71. The van der Waals surface area contributed by atoms with Gasteiger partial charge in [0.1, 0.15) is 11.6 Å². The van der Waals surface area contributed by atoms with E-state index in [0.717, 1.165) is 6.07 Å². The van der Waals surface area contributed by atoms with Crippen LogP contribution < -0.4 is 5.32 Å². The average molecular weight is 260 g/mol. The molecule has 1 aromatic carbocycles. The van der Waals surface area contributed by atoms with E-state index < -0.39 is 11.6 Å². The molecule has 6 heteroatoms. The molecule has 0 saturated heterocycles. The molecule has 19 heavy (non-hydrogen) atoms. The Bertz CT molecular complexity index is 677. The number of nitriles is 1. The molecule has 0 atom stereocenters. The molecular weight excluding hydrogens is 250 g/mol. The van der Waals surface area contributed by atoms with E-state index in [0.29, 0.717) is 11.3 Å². The van der Waals surface area contributed by atoms with Crippen LogP contribution in [0.4, 0.5) is 20.3 Å². The fraction of sp³-hybridized carbons (Fsp3) is 0.154. The van der Waals surface area contributed by atoms with Crippen molar-refractivity contribution in [3.63, 3.8) is 0 Å². The number of rotatable bonds is 2. The van der Waals surface area contributed by atoms with Gasteiger partial charge in [0.2, 0.25) is 0 Å². The zero-order valence-corrected chi connectivity index (χ0v) is 10.3. The lowest BCUT2D eigenvalue weighted by molar-refractivity contribution is 0.511. The van der Waals surface area contributed by atoms with Gasteiger partial charge in [-0.05, 0) is 31.5 Å². The molecule has 0 aliphatic heterocycles. The third-order valence-corrected chi connectivity index (χ3v) is 2.77. The lowest BCUT2D eigenvalue weighted by atomic mass is 10.1. The van der Waals surface area contributed by atoms with Gasteiger partial charge in [0.15, 0.2) is 17.5 Å². The Morgan fingerprint density at radius 3 is 2.63 bits per heavy atom. The van der Waals surface area contributed by atoms with Gasteiger partial charge in [-0.15, -0.1) is 5.10 Å². The molecule has 0 bridgehead atoms. The standard InChI is InChI=1S/C13H10F2N4/c1-7-8(2)18-19-13(9(7)6-16)17-11-5-3-4-10(14)12(11)15/h3-5H,1-2H3,(H,17,19). The van der Waals surface area contributed by atoms with Crippen LogP contribution in [0.5, 0.6) is 0 Å². The summed E-state index contributed by atoms with van der Waals surface area (Å²) >= 11 is 0. The van der Waals surface area contributed by atoms with E-state index in [1.807, 2.05) is 6.07 Å². The van der Waals surface area contributed by atoms with Crippen molar-refractivity contribution in [1.29, 1.82) is 5.26 Å². The lowest BCUT2D eigenvalue weighted by Crippen LogP contribution is -2.05. The molecule has 4 nitrogen and oxygen atoms in total. The van der Waals surface area contributed by atoms with Crippen molar-refractivity contribution in [3.05, 3.63) is 46.7 Å². The van der Waals surface area contributed by atoms with Crippen LogP contribution >= 0.6 is 0 Å². The maximum Gasteiger partial charge on any atom is 0.182 e. The summed E-state index contributed by atoms with van der Waals surface area (Å²) in [5.74, 6) is -1.89. The Morgan fingerprint density at radius 2 is 1.95 bits per heavy atom. The van der Waals surface area contributed by atoms with E-state index >= 15 is 0 Å². The monoisotopic (exact) mass is 260 g/mol. The fourth-order valence-corrected chi connectivity index (χ4v) is 1.56. The second kappa shape index (κ2) is 4.98. The molecule has 0 unspecified atom stereocenters. The normalized spacial score (nSPS) is 10.1. The van der Waals surface area contributed by atoms with E-state index in [9.17, 15) is 8.78 Å². The summed E-state index contributed by atoms with van der Waals surface area (Å²) in [7, 11) is 0. The first-order valence-electron chi connectivity index (χ1n) is 5.49. The molecule has 0 spiro atoms. The summed E-state index contributed by atoms with van der Waals surface area (Å²) < 4.78 is 26.6. The molecule has 1 heterocycles. The minimum atomic E-state index is -1.02. The number of hydrogen-bond acceptors (Lipinski definition) is 4. The molecule has 1 aromatic heterocycles. The highest BCUT2D eigenvalue weighted by atomic mass is 19.2. The van der Waals surface area contributed by atoms with Crippen LogP contribution in [0.1, 0.15) is 16.8 Å². The van der Waals surface area contributed by atoms with Gasteiger partial charge >= 0.3 is 0 Å². The molecule has 2 rings (SSSR count). The second-order valence-electron chi connectivity index (χ2n) is 3.97. The number of anilines is 2. The van der Waals surface area contributed by atoms with Crippen LogP contribution in [0, 0.1) is 36.8 Å². The topological polar surface area (TPSA) is 61.6 Å². The maximum absolute atomic E-state index is 13.5. The van der Waals surface area contributed by atoms with E-state index in [4.69, 9.17) is 5.26 Å². The molecule has 96 valence electrons. The molecule has 0 saturated carbocycles. The molecule has 0 fully saturated rings. The molecular formula is C13H10F2N4. The quantitative estimate of drug-likeness (QED) is 0.901. The Hall–Kier alpha value is -2.55. The number of aryl methyl sites for hydroxylation is 1. The number of aromatic nitrogens is 2. The van der Waals surface area contributed by atoms with Gasteiger partial charge in [0.25, 0.3) is 0 Å². The summed E-state index contributed by atoms with van der Waals surface area (Å²) in [5, 5.41) is 19.3. The molecule has 1 N–H and O–H groups in total. The molecule has 0 amide bonds. The summed E-state index contributed by atoms with van der Waals surface area (Å²) in [4.78, 5) is 0. The van der Waals surface area contributed by atoms with Crippen LogP contribution in [-0.2, 0) is 0 Å². The van der Waals surface area contributed by atoms with Crippen molar-refractivity contribution in [2.75, 3.05) is 5.32 Å². The molecule has 0 aliphatic rings. The minimum absolute atomic E-state index is 0.0888. The van der Waals surface area contributed by atoms with Gasteiger partial charge in [-0.2, -0.15) is 10.4 Å². The Labute approximate surface area is 108 Å². The number of nitrogens with zero attached hydrogens (tertiary/aromatic N) is 3. The predicted octanol–water partition coefficient (Wildman–Crippen LogP) is 2.99. The first kappa shape index (κ1) is 12.9. The Kier molecular flexibility index (Phi) is 3.38. The first-order valence-corrected chi connectivity index (χ1v) is 5.49. The SMILES string of the molecule is Cc1nnc(Nc2cccc(F)c2F)c(C#N)c1C. The number of nitrogens with one attached hydrogen (secondary N) is 1. The molecule has 0 aliphatic carbocycles. The Morgan fingerprint density at radius 1 is 1.21 bits per heavy atom. The summed E-state index contributed by atoms with van der Waals surface area (Å²) in [6.45, 7) is 3.44. The van der Waals surface area contributed by atoms with Crippen LogP contribution in [0.15, 0.2) is 18.2 Å². The summed E-state index contributed by atoms with van der Waals surface area (Å²) in [6.07, 6.45) is 0. The highest BCUT2D eigenvalue weighted by Gasteiger charge is 2.14. The van der Waals surface area contributed by atoms with Crippen molar-refractivity contribution in [2.24, 2.45) is 0 Å². The average Bonchev–Trinajstić information content (AvgIpc) is 2.39. The fourth-order valence-electron chi connectivity index (χ4n) is 1.56. The number of hydrogen-bond donors (Lipinski definition) is 1. The van der Waals surface area contributed by atoms with E-state index in [1.54, 1.807) is 13.8 Å². The van der Waals surface area contributed by atoms with Crippen molar-refractivity contribution in [3.8, 4) is 6.07 Å². The molecule has 2 aromatic rings. The van der Waals surface area contributed by atoms with Gasteiger partial charge in [-0.1, -0.05) is 6.07 Å². The van der Waals surface area contributed by atoms with Crippen LogP contribution in [0.25, 0.3) is 0 Å². The van der Waals surface area contributed by atoms with E-state index in [1.165, 1.54) is 12.1 Å². The van der Waals surface area contributed by atoms with Crippen molar-refractivity contribution < 1.29 is 8.78 Å². The first-order chi connectivity index (χ1) is 9.04. The highest BCUT2D eigenvalue weighted by molar-refractivity contribution is 5.64. The smallest absolute Gasteiger partial charge is 0.182 e. The number of halogens is 2. The van der Waals surface area contributed by atoms with Crippen molar-refractivity contribution in [1.82, 2.24) is 10.2 Å². The Balaban J connectivity index is 2.48. The van der Waals surface area contributed by atoms with E-state index in [-0.39, 0.29) is 17.1 Å². The van der Waals surface area contributed by atoms with Gasteiger partial charge < -0.3 is 5.32 Å². The van der Waals surface area contributed by atoms with Gasteiger partial charge in [0.05, 0.1) is 11.4 Å². The minimum Gasteiger partial charge on any atom is -0.335 e. The van der Waals surface area contributed by atoms with Gasteiger partial charge in [-0.25, -0.2) is 8.78 Å². The van der Waals surface area contributed by atoms with E-state index in [2.05, 4.69) is 15.5 Å². The predicted molar refractivity (Wildman–Crippen MR) is 65.9 cm³/mol. The second-order valence-corrected chi connectivity index (χ2v) is 3.97. The highest BCUT2D eigenvalue weighted by Crippen LogP contribution is 2.24. The van der Waals surface area contributed by atoms with Crippen LogP contribution in [0.2, 0.25) is 0 Å². The van der Waals surface area contributed by atoms with Crippen molar-refractivity contribution >= 4 is 11.5 Å². The number of benzene rings is 1. The zero-order valence-electron chi connectivity index (χ0n) is 10.3.